The fourth-order valence-electron chi connectivity index (χ4n) is 1.40. The molecule has 0 bridgehead atoms. The van der Waals surface area contributed by atoms with Gasteiger partial charge >= 0.3 is 0 Å². The molecule has 0 fully saturated rings. The predicted octanol–water partition coefficient (Wildman–Crippen LogP) is -0.0970. The lowest BCUT2D eigenvalue weighted by molar-refractivity contribution is -0.301. The van der Waals surface area contributed by atoms with Crippen molar-refractivity contribution in [3.05, 3.63) is 24.3 Å². The maximum absolute atomic E-state index is 10.4. The van der Waals surface area contributed by atoms with Crippen LogP contribution in [-0.2, 0) is 4.79 Å². The van der Waals surface area contributed by atoms with E-state index >= 15 is 0 Å². The maximum Gasteiger partial charge on any atom is 0.214 e. The lowest BCUT2D eigenvalue weighted by atomic mass is 10.3. The van der Waals surface area contributed by atoms with Crippen LogP contribution in [0, 0.1) is 0 Å². The standard InChI is InChI=1S/C11H12N4O3S/c1-2-18-9-5-3-8(4-6-9)15-11(12-13-14-15)19-7-10(16)17/h3-6H,2,7H2,1H3,(H,16,17)/p-1. The van der Waals surface area contributed by atoms with Gasteiger partial charge in [-0.2, -0.15) is 4.68 Å². The van der Waals surface area contributed by atoms with E-state index in [-0.39, 0.29) is 5.75 Å². The lowest BCUT2D eigenvalue weighted by Crippen LogP contribution is -2.24. The quantitative estimate of drug-likeness (QED) is 0.682. The normalized spacial score (nSPS) is 10.4. The largest absolute Gasteiger partial charge is 0.549 e. The number of aliphatic carboxylic acids is 1. The van der Waals surface area contributed by atoms with Gasteiger partial charge in [0, 0.05) is 5.75 Å². The summed E-state index contributed by atoms with van der Waals surface area (Å²) < 4.78 is 6.80. The Hall–Kier alpha value is -2.09. The number of hydrogen-bond donors (Lipinski definition) is 0. The maximum atomic E-state index is 10.4. The van der Waals surface area contributed by atoms with Gasteiger partial charge in [-0.25, -0.2) is 0 Å². The van der Waals surface area contributed by atoms with Crippen LogP contribution in [-0.4, -0.2) is 38.5 Å². The monoisotopic (exact) mass is 279 g/mol. The third kappa shape index (κ3) is 3.44. The highest BCUT2D eigenvalue weighted by Gasteiger charge is 2.08. The molecule has 0 radical (unpaired) electrons. The number of tetrazole rings is 1. The van der Waals surface area contributed by atoms with Crippen LogP contribution in [0.2, 0.25) is 0 Å². The Morgan fingerprint density at radius 2 is 2.16 bits per heavy atom. The zero-order valence-electron chi connectivity index (χ0n) is 10.1. The molecule has 100 valence electrons. The van der Waals surface area contributed by atoms with E-state index in [1.807, 2.05) is 6.92 Å². The van der Waals surface area contributed by atoms with Crippen molar-refractivity contribution in [3.8, 4) is 11.4 Å². The topological polar surface area (TPSA) is 93.0 Å². The SMILES string of the molecule is CCOc1ccc(-n2nnnc2SCC(=O)[O-])cc1. The van der Waals surface area contributed by atoms with Crippen molar-refractivity contribution in [2.75, 3.05) is 12.4 Å². The molecular weight excluding hydrogens is 268 g/mol. The second kappa shape index (κ2) is 6.19. The molecule has 0 amide bonds. The van der Waals surface area contributed by atoms with E-state index in [4.69, 9.17) is 4.74 Å². The minimum atomic E-state index is -1.16. The van der Waals surface area contributed by atoms with Gasteiger partial charge in [-0.1, -0.05) is 11.8 Å². The number of benzene rings is 1. The fourth-order valence-corrected chi connectivity index (χ4v) is 2.01. The average Bonchev–Trinajstić information content (AvgIpc) is 2.86. The molecule has 1 aromatic heterocycles. The van der Waals surface area contributed by atoms with Crippen LogP contribution < -0.4 is 9.84 Å². The van der Waals surface area contributed by atoms with Gasteiger partial charge in [0.05, 0.1) is 18.3 Å². The number of rotatable bonds is 6. The van der Waals surface area contributed by atoms with Gasteiger partial charge < -0.3 is 14.6 Å². The van der Waals surface area contributed by atoms with Gasteiger partial charge in [-0.05, 0) is 41.6 Å². The summed E-state index contributed by atoms with van der Waals surface area (Å²) in [5, 5.41) is 21.9. The van der Waals surface area contributed by atoms with Crippen molar-refractivity contribution < 1.29 is 14.6 Å². The molecular formula is C11H11N4O3S-. The van der Waals surface area contributed by atoms with Crippen molar-refractivity contribution in [1.29, 1.82) is 0 Å². The van der Waals surface area contributed by atoms with Gasteiger partial charge in [0.1, 0.15) is 5.75 Å². The van der Waals surface area contributed by atoms with Gasteiger partial charge in [0.2, 0.25) is 5.16 Å². The Kier molecular flexibility index (Phi) is 4.35. The molecule has 2 aromatic rings. The Bertz CT molecular complexity index is 555. The summed E-state index contributed by atoms with van der Waals surface area (Å²) in [7, 11) is 0. The highest BCUT2D eigenvalue weighted by atomic mass is 32.2. The van der Waals surface area contributed by atoms with Gasteiger partial charge in [-0.3, -0.25) is 0 Å². The van der Waals surface area contributed by atoms with Crippen LogP contribution in [0.5, 0.6) is 5.75 Å². The fraction of sp³-hybridized carbons (Fsp3) is 0.273. The number of carboxylic acids is 1. The first-order valence-corrected chi connectivity index (χ1v) is 6.53. The first kappa shape index (κ1) is 13.3. The summed E-state index contributed by atoms with van der Waals surface area (Å²) in [5.74, 6) is -0.605. The van der Waals surface area contributed by atoms with Crippen molar-refractivity contribution in [3.63, 3.8) is 0 Å². The smallest absolute Gasteiger partial charge is 0.214 e. The van der Waals surface area contributed by atoms with Gasteiger partial charge in [0.25, 0.3) is 0 Å². The van der Waals surface area contributed by atoms with Crippen LogP contribution in [0.25, 0.3) is 5.69 Å². The second-order valence-corrected chi connectivity index (χ2v) is 4.40. The molecule has 0 aliphatic heterocycles. The molecule has 7 nitrogen and oxygen atoms in total. The molecule has 0 atom stereocenters. The highest BCUT2D eigenvalue weighted by Crippen LogP contribution is 2.20. The predicted molar refractivity (Wildman–Crippen MR) is 66.1 cm³/mol. The Labute approximate surface area is 113 Å². The number of ether oxygens (including phenoxy) is 1. The van der Waals surface area contributed by atoms with E-state index < -0.39 is 5.97 Å². The summed E-state index contributed by atoms with van der Waals surface area (Å²) in [4.78, 5) is 10.4. The van der Waals surface area contributed by atoms with Crippen LogP contribution >= 0.6 is 11.8 Å². The first-order chi connectivity index (χ1) is 9.20. The number of thioether (sulfide) groups is 1. The molecule has 2 rings (SSSR count). The highest BCUT2D eigenvalue weighted by molar-refractivity contribution is 7.99. The van der Waals surface area contributed by atoms with Crippen LogP contribution in [0.15, 0.2) is 29.4 Å². The number of carboxylic acid groups (broad SMARTS) is 1. The third-order valence-electron chi connectivity index (χ3n) is 2.15. The third-order valence-corrected chi connectivity index (χ3v) is 3.05. The second-order valence-electron chi connectivity index (χ2n) is 3.46. The Balaban J connectivity index is 2.17. The molecule has 1 heterocycles. The van der Waals surface area contributed by atoms with E-state index in [1.165, 1.54) is 4.68 Å². The minimum absolute atomic E-state index is 0.197. The van der Waals surface area contributed by atoms with Crippen LogP contribution in [0.4, 0.5) is 0 Å². The van der Waals surface area contributed by atoms with E-state index in [9.17, 15) is 9.90 Å². The molecule has 0 unspecified atom stereocenters. The van der Waals surface area contributed by atoms with E-state index in [2.05, 4.69) is 15.5 Å². The molecule has 19 heavy (non-hydrogen) atoms. The molecule has 0 saturated carbocycles. The Morgan fingerprint density at radius 3 is 2.79 bits per heavy atom. The van der Waals surface area contributed by atoms with Crippen molar-refractivity contribution >= 4 is 17.7 Å². The summed E-state index contributed by atoms with van der Waals surface area (Å²) in [6.07, 6.45) is 0. The van der Waals surface area contributed by atoms with Crippen molar-refractivity contribution in [2.45, 2.75) is 12.1 Å². The summed E-state index contributed by atoms with van der Waals surface area (Å²) in [5.41, 5.74) is 0.731. The van der Waals surface area contributed by atoms with E-state index in [1.54, 1.807) is 24.3 Å². The zero-order chi connectivity index (χ0) is 13.7. The molecule has 0 saturated heterocycles. The number of carbonyl (C=O) groups is 1. The average molecular weight is 279 g/mol. The van der Waals surface area contributed by atoms with Gasteiger partial charge in [-0.15, -0.1) is 5.10 Å². The van der Waals surface area contributed by atoms with Crippen molar-refractivity contribution in [1.82, 2.24) is 20.2 Å². The molecule has 8 heteroatoms. The lowest BCUT2D eigenvalue weighted by Gasteiger charge is -2.06. The number of hydrogen-bond acceptors (Lipinski definition) is 7. The van der Waals surface area contributed by atoms with E-state index in [0.717, 1.165) is 23.2 Å². The molecule has 1 aromatic carbocycles. The summed E-state index contributed by atoms with van der Waals surface area (Å²) in [6.45, 7) is 2.50. The summed E-state index contributed by atoms with van der Waals surface area (Å²) >= 11 is 1.00. The number of nitrogens with zero attached hydrogens (tertiary/aromatic N) is 4. The van der Waals surface area contributed by atoms with Crippen LogP contribution in [0.3, 0.4) is 0 Å². The van der Waals surface area contributed by atoms with Gasteiger partial charge in [0.15, 0.2) is 0 Å². The summed E-state index contributed by atoms with van der Waals surface area (Å²) in [6, 6.07) is 7.19. The number of aromatic nitrogens is 4. The van der Waals surface area contributed by atoms with Crippen LogP contribution in [0.1, 0.15) is 6.92 Å². The number of carbonyl (C=O) groups excluding carboxylic acids is 1. The van der Waals surface area contributed by atoms with E-state index in [0.29, 0.717) is 11.8 Å². The molecule has 0 aliphatic carbocycles. The molecule has 0 aliphatic rings. The van der Waals surface area contributed by atoms with Crippen molar-refractivity contribution in [2.24, 2.45) is 0 Å². The zero-order valence-corrected chi connectivity index (χ0v) is 11.0. The minimum Gasteiger partial charge on any atom is -0.549 e. The molecule has 0 N–H and O–H groups in total. The Morgan fingerprint density at radius 1 is 1.42 bits per heavy atom. The molecule has 0 spiro atoms. The first-order valence-electron chi connectivity index (χ1n) is 5.55.